The number of halogens is 1. The van der Waals surface area contributed by atoms with Gasteiger partial charge in [-0.05, 0) is 42.2 Å². The molecule has 0 aliphatic carbocycles. The van der Waals surface area contributed by atoms with Crippen LogP contribution in [0.3, 0.4) is 0 Å². The van der Waals surface area contributed by atoms with Crippen LogP contribution in [0.25, 0.3) is 0 Å². The SMILES string of the molecule is CCNC(=NCc1ccc(S(C)(=O)=O)cc1)NCc1ccccc1CC.I. The molecule has 7 heteroatoms. The predicted molar refractivity (Wildman–Crippen MR) is 122 cm³/mol. The van der Waals surface area contributed by atoms with Gasteiger partial charge in [-0.15, -0.1) is 24.0 Å². The lowest BCUT2D eigenvalue weighted by molar-refractivity contribution is 0.602. The minimum absolute atomic E-state index is 0. The smallest absolute Gasteiger partial charge is 0.191 e. The molecule has 27 heavy (non-hydrogen) atoms. The van der Waals surface area contributed by atoms with Gasteiger partial charge in [0.05, 0.1) is 11.4 Å². The molecule has 0 heterocycles. The highest BCUT2D eigenvalue weighted by molar-refractivity contribution is 14.0. The van der Waals surface area contributed by atoms with Gasteiger partial charge in [0, 0.05) is 19.3 Å². The lowest BCUT2D eigenvalue weighted by Crippen LogP contribution is -2.37. The minimum Gasteiger partial charge on any atom is -0.357 e. The summed E-state index contributed by atoms with van der Waals surface area (Å²) in [6.07, 6.45) is 2.21. The number of rotatable bonds is 7. The lowest BCUT2D eigenvalue weighted by Gasteiger charge is -2.13. The summed E-state index contributed by atoms with van der Waals surface area (Å²) in [6, 6.07) is 15.2. The molecule has 0 aliphatic heterocycles. The molecule has 0 fully saturated rings. The van der Waals surface area contributed by atoms with Gasteiger partial charge in [0.25, 0.3) is 0 Å². The summed E-state index contributed by atoms with van der Waals surface area (Å²) < 4.78 is 23.0. The van der Waals surface area contributed by atoms with Crippen LogP contribution in [0.4, 0.5) is 0 Å². The quantitative estimate of drug-likeness (QED) is 0.346. The van der Waals surface area contributed by atoms with E-state index in [2.05, 4.69) is 40.7 Å². The molecule has 148 valence electrons. The first kappa shape index (κ1) is 23.4. The van der Waals surface area contributed by atoms with E-state index < -0.39 is 9.84 Å². The zero-order valence-corrected chi connectivity index (χ0v) is 19.2. The molecule has 5 nitrogen and oxygen atoms in total. The van der Waals surface area contributed by atoms with Crippen molar-refractivity contribution >= 4 is 39.8 Å². The number of sulfone groups is 1. The van der Waals surface area contributed by atoms with Crippen molar-refractivity contribution in [3.05, 3.63) is 65.2 Å². The summed E-state index contributed by atoms with van der Waals surface area (Å²) in [4.78, 5) is 4.92. The molecule has 0 atom stereocenters. The predicted octanol–water partition coefficient (Wildman–Crippen LogP) is 3.53. The number of aryl methyl sites for hydroxylation is 1. The molecule has 0 aliphatic rings. The van der Waals surface area contributed by atoms with Crippen LogP contribution in [0.15, 0.2) is 58.4 Å². The number of nitrogens with zero attached hydrogens (tertiary/aromatic N) is 1. The molecule has 2 aromatic rings. The van der Waals surface area contributed by atoms with Crippen LogP contribution in [-0.2, 0) is 29.3 Å². The first-order valence-corrected chi connectivity index (χ1v) is 10.7. The number of benzene rings is 2. The Morgan fingerprint density at radius 3 is 2.15 bits per heavy atom. The topological polar surface area (TPSA) is 70.6 Å². The lowest BCUT2D eigenvalue weighted by atomic mass is 10.1. The molecule has 0 saturated heterocycles. The van der Waals surface area contributed by atoms with Gasteiger partial charge >= 0.3 is 0 Å². The van der Waals surface area contributed by atoms with Crippen LogP contribution in [0, 0.1) is 0 Å². The van der Waals surface area contributed by atoms with E-state index in [1.54, 1.807) is 24.3 Å². The van der Waals surface area contributed by atoms with Crippen LogP contribution in [0.2, 0.25) is 0 Å². The van der Waals surface area contributed by atoms with Gasteiger partial charge in [-0.2, -0.15) is 0 Å². The number of hydrogen-bond donors (Lipinski definition) is 2. The maximum Gasteiger partial charge on any atom is 0.191 e. The normalized spacial score (nSPS) is 11.6. The first-order valence-electron chi connectivity index (χ1n) is 8.82. The second-order valence-corrected chi connectivity index (χ2v) is 8.10. The molecule has 0 amide bonds. The zero-order valence-electron chi connectivity index (χ0n) is 16.0. The Hall–Kier alpha value is -1.61. The van der Waals surface area contributed by atoms with Gasteiger partial charge in [0.1, 0.15) is 0 Å². The van der Waals surface area contributed by atoms with Crippen molar-refractivity contribution in [1.82, 2.24) is 10.6 Å². The summed E-state index contributed by atoms with van der Waals surface area (Å²) in [6.45, 7) is 6.14. The van der Waals surface area contributed by atoms with E-state index in [-0.39, 0.29) is 24.0 Å². The molecular formula is C20H28IN3O2S. The monoisotopic (exact) mass is 501 g/mol. The second-order valence-electron chi connectivity index (χ2n) is 6.09. The van der Waals surface area contributed by atoms with Crippen LogP contribution >= 0.6 is 24.0 Å². The number of guanidine groups is 1. The highest BCUT2D eigenvalue weighted by Crippen LogP contribution is 2.11. The average Bonchev–Trinajstić information content (AvgIpc) is 2.64. The molecular weight excluding hydrogens is 473 g/mol. The molecule has 0 bridgehead atoms. The Morgan fingerprint density at radius 1 is 0.963 bits per heavy atom. The van der Waals surface area contributed by atoms with Crippen molar-refractivity contribution in [3.63, 3.8) is 0 Å². The maximum absolute atomic E-state index is 11.5. The molecule has 0 saturated carbocycles. The first-order chi connectivity index (χ1) is 12.4. The third kappa shape index (κ3) is 7.50. The zero-order chi connectivity index (χ0) is 19.0. The van der Waals surface area contributed by atoms with Gasteiger partial charge in [0.2, 0.25) is 0 Å². The van der Waals surface area contributed by atoms with Crippen LogP contribution < -0.4 is 10.6 Å². The number of nitrogens with one attached hydrogen (secondary N) is 2. The Balaban J connectivity index is 0.00000364. The highest BCUT2D eigenvalue weighted by atomic mass is 127. The fourth-order valence-electron chi connectivity index (χ4n) is 2.61. The molecule has 2 aromatic carbocycles. The summed E-state index contributed by atoms with van der Waals surface area (Å²) in [5, 5.41) is 6.60. The van der Waals surface area contributed by atoms with Crippen molar-refractivity contribution in [2.24, 2.45) is 4.99 Å². The maximum atomic E-state index is 11.5. The van der Waals surface area contributed by atoms with E-state index in [1.807, 2.05) is 13.0 Å². The van der Waals surface area contributed by atoms with Crippen molar-refractivity contribution in [2.45, 2.75) is 38.3 Å². The fourth-order valence-corrected chi connectivity index (χ4v) is 3.24. The van der Waals surface area contributed by atoms with Crippen molar-refractivity contribution < 1.29 is 8.42 Å². The summed E-state index contributed by atoms with van der Waals surface area (Å²) in [5.41, 5.74) is 3.55. The van der Waals surface area contributed by atoms with Crippen LogP contribution in [-0.4, -0.2) is 27.2 Å². The van der Waals surface area contributed by atoms with E-state index in [1.165, 1.54) is 17.4 Å². The summed E-state index contributed by atoms with van der Waals surface area (Å²) >= 11 is 0. The highest BCUT2D eigenvalue weighted by Gasteiger charge is 2.06. The molecule has 0 unspecified atom stereocenters. The van der Waals surface area contributed by atoms with Gasteiger partial charge in [0.15, 0.2) is 15.8 Å². The van der Waals surface area contributed by atoms with Crippen LogP contribution in [0.1, 0.15) is 30.5 Å². The number of hydrogen-bond acceptors (Lipinski definition) is 3. The minimum atomic E-state index is -3.17. The van der Waals surface area contributed by atoms with E-state index in [0.29, 0.717) is 18.0 Å². The molecule has 0 aromatic heterocycles. The number of aliphatic imine (C=N–C) groups is 1. The fraction of sp³-hybridized carbons (Fsp3) is 0.350. The van der Waals surface area contributed by atoms with Gasteiger partial charge < -0.3 is 10.6 Å². The standard InChI is InChI=1S/C20H27N3O2S.HI/c1-4-17-8-6-7-9-18(17)15-23-20(21-5-2)22-14-16-10-12-19(13-11-16)26(3,24)25;/h6-13H,4-5,14-15H2,1-3H3,(H2,21,22,23);1H. The molecule has 0 spiro atoms. The molecule has 2 N–H and O–H groups in total. The van der Waals surface area contributed by atoms with Gasteiger partial charge in [-0.25, -0.2) is 13.4 Å². The van der Waals surface area contributed by atoms with E-state index in [9.17, 15) is 8.42 Å². The van der Waals surface area contributed by atoms with Gasteiger partial charge in [-0.3, -0.25) is 0 Å². The molecule has 2 rings (SSSR count). The van der Waals surface area contributed by atoms with E-state index in [0.717, 1.165) is 24.5 Å². The third-order valence-electron chi connectivity index (χ3n) is 4.06. The van der Waals surface area contributed by atoms with Crippen molar-refractivity contribution in [2.75, 3.05) is 12.8 Å². The van der Waals surface area contributed by atoms with Crippen LogP contribution in [0.5, 0.6) is 0 Å². The Morgan fingerprint density at radius 2 is 1.59 bits per heavy atom. The largest absolute Gasteiger partial charge is 0.357 e. The Labute approximate surface area is 179 Å². The Bertz CT molecular complexity index is 850. The molecule has 0 radical (unpaired) electrons. The third-order valence-corrected chi connectivity index (χ3v) is 5.19. The second kappa shape index (κ2) is 11.3. The van der Waals surface area contributed by atoms with Gasteiger partial charge in [-0.1, -0.05) is 43.3 Å². The van der Waals surface area contributed by atoms with Crippen molar-refractivity contribution in [3.8, 4) is 0 Å². The summed E-state index contributed by atoms with van der Waals surface area (Å²) in [7, 11) is -3.17. The van der Waals surface area contributed by atoms with E-state index in [4.69, 9.17) is 0 Å². The van der Waals surface area contributed by atoms with Crippen molar-refractivity contribution in [1.29, 1.82) is 0 Å². The Kier molecular flexibility index (Phi) is 9.79. The average molecular weight is 501 g/mol. The summed E-state index contributed by atoms with van der Waals surface area (Å²) in [5.74, 6) is 0.741. The van der Waals surface area contributed by atoms with E-state index >= 15 is 0 Å².